The quantitative estimate of drug-likeness (QED) is 0.812. The fraction of sp³-hybridized carbons (Fsp3) is 0.455. The van der Waals surface area contributed by atoms with E-state index in [0.29, 0.717) is 0 Å². The van der Waals surface area contributed by atoms with Crippen molar-refractivity contribution in [2.45, 2.75) is 31.2 Å². The molecule has 0 aromatic carbocycles. The summed E-state index contributed by atoms with van der Waals surface area (Å²) in [6, 6.07) is 6.08. The van der Waals surface area contributed by atoms with Crippen molar-refractivity contribution in [2.75, 3.05) is 0 Å². The van der Waals surface area contributed by atoms with E-state index in [9.17, 15) is 0 Å². The zero-order valence-corrected chi connectivity index (χ0v) is 8.56. The molecule has 0 atom stereocenters. The number of aromatic nitrogens is 3. The molecule has 78 valence electrons. The average Bonchev–Trinajstić information content (AvgIpc) is 2.80. The molecule has 0 saturated heterocycles. The van der Waals surface area contributed by atoms with Crippen LogP contribution in [-0.4, -0.2) is 20.1 Å². The van der Waals surface area contributed by atoms with Gasteiger partial charge < -0.3 is 5.73 Å². The fourth-order valence-electron chi connectivity index (χ4n) is 1.88. The van der Waals surface area contributed by atoms with Crippen LogP contribution in [0.1, 0.15) is 25.0 Å². The lowest BCUT2D eigenvalue weighted by atomic mass is 10.1. The molecule has 3 rings (SSSR count). The molecular formula is C11H14N4. The minimum Gasteiger partial charge on any atom is -0.325 e. The van der Waals surface area contributed by atoms with E-state index in [-0.39, 0.29) is 5.54 Å². The molecule has 0 spiro atoms. The maximum absolute atomic E-state index is 6.07. The van der Waals surface area contributed by atoms with Crippen LogP contribution in [0.4, 0.5) is 0 Å². The van der Waals surface area contributed by atoms with Crippen molar-refractivity contribution in [2.24, 2.45) is 5.73 Å². The molecule has 0 unspecified atom stereocenters. The summed E-state index contributed by atoms with van der Waals surface area (Å²) < 4.78 is 1.89. The van der Waals surface area contributed by atoms with E-state index in [0.717, 1.165) is 18.5 Å². The van der Waals surface area contributed by atoms with Crippen LogP contribution in [0, 0.1) is 0 Å². The number of nitrogens with zero attached hydrogens (tertiary/aromatic N) is 3. The number of fused-ring (bicyclic) bond motifs is 1. The first-order chi connectivity index (χ1) is 7.27. The number of hydrogen-bond donors (Lipinski definition) is 1. The minimum absolute atomic E-state index is 0.114. The van der Waals surface area contributed by atoms with Crippen LogP contribution in [0.3, 0.4) is 0 Å². The van der Waals surface area contributed by atoms with Gasteiger partial charge in [-0.3, -0.25) is 0 Å². The van der Waals surface area contributed by atoms with Crippen molar-refractivity contribution < 1.29 is 0 Å². The van der Waals surface area contributed by atoms with Gasteiger partial charge in [-0.05, 0) is 37.8 Å². The van der Waals surface area contributed by atoms with E-state index in [4.69, 9.17) is 5.73 Å². The second-order valence-electron chi connectivity index (χ2n) is 4.41. The molecule has 1 saturated carbocycles. The molecule has 0 bridgehead atoms. The minimum atomic E-state index is 0.114. The summed E-state index contributed by atoms with van der Waals surface area (Å²) in [5.74, 6) is 0. The fourth-order valence-corrected chi connectivity index (χ4v) is 1.88. The molecule has 4 nitrogen and oxygen atoms in total. The van der Waals surface area contributed by atoms with Crippen molar-refractivity contribution >= 4 is 5.65 Å². The average molecular weight is 202 g/mol. The first kappa shape index (κ1) is 8.85. The normalized spacial score (nSPS) is 18.2. The van der Waals surface area contributed by atoms with Gasteiger partial charge in [0.25, 0.3) is 0 Å². The Bertz CT molecular complexity index is 484. The number of nitrogens with two attached hydrogens (primary N) is 1. The molecule has 2 aromatic rings. The summed E-state index contributed by atoms with van der Waals surface area (Å²) in [6.45, 7) is 0. The Labute approximate surface area is 88.1 Å². The van der Waals surface area contributed by atoms with Crippen molar-refractivity contribution in [1.29, 1.82) is 0 Å². The molecule has 0 amide bonds. The third-order valence-electron chi connectivity index (χ3n) is 3.15. The van der Waals surface area contributed by atoms with Gasteiger partial charge in [0, 0.05) is 11.2 Å². The van der Waals surface area contributed by atoms with Crippen LogP contribution in [0.5, 0.6) is 0 Å². The lowest BCUT2D eigenvalue weighted by Crippen LogP contribution is -2.22. The van der Waals surface area contributed by atoms with E-state index >= 15 is 0 Å². The van der Waals surface area contributed by atoms with E-state index in [2.05, 4.69) is 16.1 Å². The summed E-state index contributed by atoms with van der Waals surface area (Å²) in [5, 5.41) is 4.20. The first-order valence-corrected chi connectivity index (χ1v) is 5.33. The number of hydrogen-bond acceptors (Lipinski definition) is 3. The SMILES string of the molecule is NC1(CCc2cccc3ncnn23)CC1. The van der Waals surface area contributed by atoms with Crippen molar-refractivity contribution in [1.82, 2.24) is 14.6 Å². The highest BCUT2D eigenvalue weighted by molar-refractivity contribution is 5.37. The third kappa shape index (κ3) is 1.61. The standard InChI is InChI=1S/C11H14N4/c12-11(6-7-11)5-4-9-2-1-3-10-13-8-14-15(9)10/h1-3,8H,4-7,12H2. The largest absolute Gasteiger partial charge is 0.325 e. The Kier molecular flexibility index (Phi) is 1.79. The summed E-state index contributed by atoms with van der Waals surface area (Å²) in [5.41, 5.74) is 8.29. The van der Waals surface area contributed by atoms with Gasteiger partial charge in [-0.2, -0.15) is 5.10 Å². The van der Waals surface area contributed by atoms with Gasteiger partial charge in [0.15, 0.2) is 5.65 Å². The molecule has 2 N–H and O–H groups in total. The summed E-state index contributed by atoms with van der Waals surface area (Å²) in [6.07, 6.45) is 5.96. The van der Waals surface area contributed by atoms with Crippen LogP contribution in [-0.2, 0) is 6.42 Å². The molecule has 2 aromatic heterocycles. The van der Waals surface area contributed by atoms with Gasteiger partial charge in [-0.15, -0.1) is 0 Å². The summed E-state index contributed by atoms with van der Waals surface area (Å²) >= 11 is 0. The van der Waals surface area contributed by atoms with Crippen molar-refractivity contribution in [3.8, 4) is 0 Å². The molecule has 0 aliphatic heterocycles. The molecule has 1 aliphatic rings. The lowest BCUT2D eigenvalue weighted by Gasteiger charge is -2.08. The molecule has 1 aliphatic carbocycles. The molecule has 4 heteroatoms. The summed E-state index contributed by atoms with van der Waals surface area (Å²) in [7, 11) is 0. The molecule has 0 radical (unpaired) electrons. The van der Waals surface area contributed by atoms with Gasteiger partial charge in [0.2, 0.25) is 0 Å². The summed E-state index contributed by atoms with van der Waals surface area (Å²) in [4.78, 5) is 4.16. The molecule has 15 heavy (non-hydrogen) atoms. The highest BCUT2D eigenvalue weighted by Crippen LogP contribution is 2.36. The molecule has 1 fully saturated rings. The van der Waals surface area contributed by atoms with Gasteiger partial charge >= 0.3 is 0 Å². The number of rotatable bonds is 3. The predicted octanol–water partition coefficient (Wildman–Crippen LogP) is 1.15. The van der Waals surface area contributed by atoms with Crippen LogP contribution >= 0.6 is 0 Å². The Morgan fingerprint density at radius 2 is 2.27 bits per heavy atom. The van der Waals surface area contributed by atoms with Crippen LogP contribution in [0.15, 0.2) is 24.5 Å². The number of aryl methyl sites for hydroxylation is 1. The number of pyridine rings is 1. The smallest absolute Gasteiger partial charge is 0.155 e. The van der Waals surface area contributed by atoms with Crippen molar-refractivity contribution in [3.05, 3.63) is 30.2 Å². The van der Waals surface area contributed by atoms with Crippen LogP contribution in [0.2, 0.25) is 0 Å². The third-order valence-corrected chi connectivity index (χ3v) is 3.15. The first-order valence-electron chi connectivity index (χ1n) is 5.33. The van der Waals surface area contributed by atoms with E-state index in [1.807, 2.05) is 16.6 Å². The van der Waals surface area contributed by atoms with E-state index in [1.54, 1.807) is 6.33 Å². The van der Waals surface area contributed by atoms with Gasteiger partial charge in [-0.1, -0.05) is 6.07 Å². The van der Waals surface area contributed by atoms with Gasteiger partial charge in [0.1, 0.15) is 6.33 Å². The van der Waals surface area contributed by atoms with Crippen LogP contribution in [0.25, 0.3) is 5.65 Å². The Balaban J connectivity index is 1.86. The second-order valence-corrected chi connectivity index (χ2v) is 4.41. The maximum atomic E-state index is 6.07. The topological polar surface area (TPSA) is 56.2 Å². The van der Waals surface area contributed by atoms with Crippen molar-refractivity contribution in [3.63, 3.8) is 0 Å². The van der Waals surface area contributed by atoms with E-state index < -0.39 is 0 Å². The van der Waals surface area contributed by atoms with Crippen LogP contribution < -0.4 is 5.73 Å². The van der Waals surface area contributed by atoms with Gasteiger partial charge in [0.05, 0.1) is 0 Å². The lowest BCUT2D eigenvalue weighted by molar-refractivity contribution is 0.596. The predicted molar refractivity (Wildman–Crippen MR) is 57.5 cm³/mol. The molecule has 2 heterocycles. The van der Waals surface area contributed by atoms with E-state index in [1.165, 1.54) is 18.5 Å². The maximum Gasteiger partial charge on any atom is 0.155 e. The Hall–Kier alpha value is -1.42. The zero-order valence-electron chi connectivity index (χ0n) is 8.56. The highest BCUT2D eigenvalue weighted by atomic mass is 15.3. The highest BCUT2D eigenvalue weighted by Gasteiger charge is 2.37. The Morgan fingerprint density at radius 3 is 3.07 bits per heavy atom. The second kappa shape index (κ2) is 3.03. The Morgan fingerprint density at radius 1 is 1.40 bits per heavy atom. The molecular weight excluding hydrogens is 188 g/mol. The van der Waals surface area contributed by atoms with Gasteiger partial charge in [-0.25, -0.2) is 9.50 Å². The monoisotopic (exact) mass is 202 g/mol. The zero-order chi connectivity index (χ0) is 10.3.